The average Bonchev–Trinajstić information content (AvgIpc) is 3.49. The summed E-state index contributed by atoms with van der Waals surface area (Å²) in [7, 11) is 0. The van der Waals surface area contributed by atoms with Crippen molar-refractivity contribution in [2.24, 2.45) is 4.99 Å². The number of unbranched alkanes of at least 4 members (excludes halogenated alkanes) is 29. The van der Waals surface area contributed by atoms with Crippen molar-refractivity contribution in [2.75, 3.05) is 19.6 Å². The van der Waals surface area contributed by atoms with Crippen molar-refractivity contribution in [3.05, 3.63) is 0 Å². The van der Waals surface area contributed by atoms with Gasteiger partial charge in [-0.2, -0.15) is 12.6 Å². The molecule has 0 aliphatic carbocycles. The first-order valence-electron chi connectivity index (χ1n) is 20.7. The van der Waals surface area contributed by atoms with Crippen LogP contribution in [0.3, 0.4) is 0 Å². The molecule has 262 valence electrons. The van der Waals surface area contributed by atoms with Gasteiger partial charge in [-0.1, -0.05) is 206 Å². The van der Waals surface area contributed by atoms with Gasteiger partial charge >= 0.3 is 0 Å². The SMILES string of the molecule is CCCCCCCCCCCCCCCCCCC1=NCCN1CCC(S)CCCCCCCCCCCCCCCCC. The van der Waals surface area contributed by atoms with Gasteiger partial charge in [0.1, 0.15) is 0 Å². The monoisotopic (exact) mass is 635 g/mol. The Kier molecular flexibility index (Phi) is 32.5. The maximum absolute atomic E-state index is 4.96. The predicted octanol–water partition coefficient (Wildman–Crippen LogP) is 14.3. The highest BCUT2D eigenvalue weighted by atomic mass is 32.1. The second-order valence-electron chi connectivity index (χ2n) is 14.5. The molecule has 0 spiro atoms. The van der Waals surface area contributed by atoms with Crippen LogP contribution in [0.4, 0.5) is 0 Å². The van der Waals surface area contributed by atoms with Gasteiger partial charge in [-0.3, -0.25) is 4.99 Å². The van der Waals surface area contributed by atoms with Gasteiger partial charge in [-0.15, -0.1) is 0 Å². The zero-order chi connectivity index (χ0) is 31.6. The first-order valence-corrected chi connectivity index (χ1v) is 21.3. The molecule has 1 aliphatic rings. The third kappa shape index (κ3) is 28.1. The van der Waals surface area contributed by atoms with E-state index in [2.05, 4.69) is 18.7 Å². The van der Waals surface area contributed by atoms with Gasteiger partial charge in [-0.05, 0) is 19.3 Å². The normalized spacial score (nSPS) is 14.1. The van der Waals surface area contributed by atoms with Crippen molar-refractivity contribution in [1.82, 2.24) is 4.90 Å². The van der Waals surface area contributed by atoms with Gasteiger partial charge in [0.05, 0.1) is 12.4 Å². The van der Waals surface area contributed by atoms with Crippen molar-refractivity contribution in [3.8, 4) is 0 Å². The number of hydrogen-bond donors (Lipinski definition) is 1. The zero-order valence-corrected chi connectivity index (χ0v) is 31.5. The molecule has 1 heterocycles. The highest BCUT2D eigenvalue weighted by molar-refractivity contribution is 7.80. The van der Waals surface area contributed by atoms with Crippen LogP contribution >= 0.6 is 12.6 Å². The Hall–Kier alpha value is -0.180. The first-order chi connectivity index (χ1) is 21.8. The van der Waals surface area contributed by atoms with Crippen molar-refractivity contribution < 1.29 is 0 Å². The van der Waals surface area contributed by atoms with Gasteiger partial charge < -0.3 is 4.90 Å². The summed E-state index contributed by atoms with van der Waals surface area (Å²) in [6.07, 6.45) is 48.4. The lowest BCUT2D eigenvalue weighted by molar-refractivity contribution is 0.425. The lowest BCUT2D eigenvalue weighted by Gasteiger charge is -2.22. The molecule has 0 saturated heterocycles. The largest absolute Gasteiger partial charge is 0.358 e. The fraction of sp³-hybridized carbons (Fsp3) is 0.976. The molecule has 0 radical (unpaired) electrons. The molecule has 0 aromatic rings. The molecule has 1 rings (SSSR count). The van der Waals surface area contributed by atoms with Crippen LogP contribution in [0.25, 0.3) is 0 Å². The molecular weight excluding hydrogens is 553 g/mol. The second kappa shape index (κ2) is 34.2. The van der Waals surface area contributed by atoms with E-state index in [0.29, 0.717) is 5.25 Å². The quantitative estimate of drug-likeness (QED) is 0.0535. The molecule has 0 N–H and O–H groups in total. The molecule has 0 amide bonds. The summed E-state index contributed by atoms with van der Waals surface area (Å²) in [6, 6.07) is 0. The van der Waals surface area contributed by atoms with E-state index in [1.54, 1.807) is 0 Å². The van der Waals surface area contributed by atoms with Crippen LogP contribution in [0.15, 0.2) is 4.99 Å². The fourth-order valence-electron chi connectivity index (χ4n) is 7.04. The lowest BCUT2D eigenvalue weighted by atomic mass is 10.0. The number of thiol groups is 1. The first kappa shape index (κ1) is 41.8. The van der Waals surface area contributed by atoms with E-state index in [4.69, 9.17) is 17.6 Å². The summed E-state index contributed by atoms with van der Waals surface area (Å²) in [4.78, 5) is 7.45. The molecule has 0 saturated carbocycles. The zero-order valence-electron chi connectivity index (χ0n) is 30.6. The Morgan fingerprint density at radius 3 is 1.20 bits per heavy atom. The molecule has 44 heavy (non-hydrogen) atoms. The summed E-state index contributed by atoms with van der Waals surface area (Å²) in [5, 5.41) is 0.564. The summed E-state index contributed by atoms with van der Waals surface area (Å²) < 4.78 is 0. The standard InChI is InChI=1S/C41H82N2S/c1-3-5-7-9-11-13-15-17-19-21-23-25-27-29-31-33-35-41-42-37-39-43(41)38-36-40(44)34-32-30-28-26-24-22-20-18-16-14-12-10-8-6-4-2/h40,44H,3-39H2,1-2H3. The van der Waals surface area contributed by atoms with Crippen LogP contribution in [-0.2, 0) is 0 Å². The van der Waals surface area contributed by atoms with Crippen molar-refractivity contribution in [3.63, 3.8) is 0 Å². The van der Waals surface area contributed by atoms with E-state index in [0.717, 1.165) is 13.1 Å². The Morgan fingerprint density at radius 1 is 0.477 bits per heavy atom. The molecule has 1 unspecified atom stereocenters. The summed E-state index contributed by atoms with van der Waals surface area (Å²) in [6.45, 7) is 7.95. The molecule has 3 heteroatoms. The van der Waals surface area contributed by atoms with Crippen LogP contribution < -0.4 is 0 Å². The number of nitrogens with zero attached hydrogens (tertiary/aromatic N) is 2. The van der Waals surface area contributed by atoms with Crippen LogP contribution in [0.2, 0.25) is 0 Å². The highest BCUT2D eigenvalue weighted by Crippen LogP contribution is 2.19. The summed E-state index contributed by atoms with van der Waals surface area (Å²) >= 11 is 4.96. The second-order valence-corrected chi connectivity index (χ2v) is 15.2. The van der Waals surface area contributed by atoms with E-state index in [-0.39, 0.29) is 0 Å². The molecular formula is C41H82N2S. The minimum atomic E-state index is 0.564. The Balaban J connectivity index is 1.84. The number of aliphatic imine (C=N–C) groups is 1. The van der Waals surface area contributed by atoms with Crippen LogP contribution in [0, 0.1) is 0 Å². The molecule has 0 bridgehead atoms. The minimum absolute atomic E-state index is 0.564. The van der Waals surface area contributed by atoms with Gasteiger partial charge in [0, 0.05) is 24.8 Å². The maximum Gasteiger partial charge on any atom is 0.0990 e. The molecule has 0 aromatic heterocycles. The van der Waals surface area contributed by atoms with E-state index in [1.807, 2.05) is 0 Å². The van der Waals surface area contributed by atoms with Crippen LogP contribution in [0.5, 0.6) is 0 Å². The predicted molar refractivity (Wildman–Crippen MR) is 205 cm³/mol. The Morgan fingerprint density at radius 2 is 0.818 bits per heavy atom. The fourth-order valence-corrected chi connectivity index (χ4v) is 7.34. The van der Waals surface area contributed by atoms with Crippen molar-refractivity contribution in [2.45, 2.75) is 237 Å². The molecule has 0 fully saturated rings. The van der Waals surface area contributed by atoms with Gasteiger partial charge in [0.15, 0.2) is 0 Å². The molecule has 1 atom stereocenters. The average molecular weight is 635 g/mol. The summed E-state index contributed by atoms with van der Waals surface area (Å²) in [5.74, 6) is 1.41. The number of hydrogen-bond acceptors (Lipinski definition) is 3. The molecule has 2 nitrogen and oxygen atoms in total. The van der Waals surface area contributed by atoms with Gasteiger partial charge in [0.2, 0.25) is 0 Å². The van der Waals surface area contributed by atoms with Crippen molar-refractivity contribution >= 4 is 18.5 Å². The minimum Gasteiger partial charge on any atom is -0.358 e. The third-order valence-corrected chi connectivity index (χ3v) is 10.7. The van der Waals surface area contributed by atoms with Crippen molar-refractivity contribution in [1.29, 1.82) is 0 Å². The Bertz CT molecular complexity index is 591. The Labute approximate surface area is 284 Å². The van der Waals surface area contributed by atoms with E-state index in [9.17, 15) is 0 Å². The summed E-state index contributed by atoms with van der Waals surface area (Å²) in [5.41, 5.74) is 0. The topological polar surface area (TPSA) is 15.6 Å². The number of rotatable bonds is 36. The lowest BCUT2D eigenvalue weighted by Crippen LogP contribution is -2.30. The maximum atomic E-state index is 4.96. The molecule has 0 aromatic carbocycles. The van der Waals surface area contributed by atoms with Crippen LogP contribution in [-0.4, -0.2) is 35.6 Å². The molecule has 1 aliphatic heterocycles. The highest BCUT2D eigenvalue weighted by Gasteiger charge is 2.17. The van der Waals surface area contributed by atoms with Gasteiger partial charge in [-0.25, -0.2) is 0 Å². The smallest absolute Gasteiger partial charge is 0.0990 e. The van der Waals surface area contributed by atoms with E-state index in [1.165, 1.54) is 231 Å². The van der Waals surface area contributed by atoms with Gasteiger partial charge in [0.25, 0.3) is 0 Å². The van der Waals surface area contributed by atoms with E-state index >= 15 is 0 Å². The van der Waals surface area contributed by atoms with Crippen LogP contribution in [0.1, 0.15) is 232 Å². The van der Waals surface area contributed by atoms with E-state index < -0.39 is 0 Å². The third-order valence-electron chi connectivity index (χ3n) is 10.2. The number of amidine groups is 1.